The zero-order chi connectivity index (χ0) is 14.0. The predicted molar refractivity (Wildman–Crippen MR) is 71.8 cm³/mol. The summed E-state index contributed by atoms with van der Waals surface area (Å²) in [4.78, 5) is 15.5. The van der Waals surface area contributed by atoms with Gasteiger partial charge in [0.25, 0.3) is 5.91 Å². The van der Waals surface area contributed by atoms with Crippen LogP contribution in [0.3, 0.4) is 0 Å². The van der Waals surface area contributed by atoms with Crippen LogP contribution in [0.2, 0.25) is 5.02 Å². The highest BCUT2D eigenvalue weighted by Gasteiger charge is 2.11. The number of carbonyl (C=O) groups is 1. The number of halogens is 1. The van der Waals surface area contributed by atoms with Crippen LogP contribution in [0.4, 0.5) is 5.13 Å². The first-order valence-electron chi connectivity index (χ1n) is 4.86. The molecule has 9 heteroatoms. The van der Waals surface area contributed by atoms with Gasteiger partial charge in [-0.3, -0.25) is 10.1 Å². The molecule has 0 spiro atoms. The van der Waals surface area contributed by atoms with Gasteiger partial charge in [-0.2, -0.15) is 0 Å². The number of phenols is 1. The fourth-order valence-electron chi connectivity index (χ4n) is 1.28. The number of thiol groups is 1. The van der Waals surface area contributed by atoms with Crippen LogP contribution in [0.5, 0.6) is 5.75 Å². The van der Waals surface area contributed by atoms with Crippen molar-refractivity contribution >= 4 is 44.7 Å². The molecule has 0 fully saturated rings. The Kier molecular flexibility index (Phi) is 4.03. The Morgan fingerprint density at radius 1 is 1.37 bits per heavy atom. The number of aromatic nitrogens is 1. The predicted octanol–water partition coefficient (Wildman–Crippen LogP) is 1.72. The van der Waals surface area contributed by atoms with Crippen LogP contribution >= 0.6 is 22.9 Å². The van der Waals surface area contributed by atoms with E-state index in [4.69, 9.17) is 11.6 Å². The largest absolute Gasteiger partial charge is 0.508 e. The van der Waals surface area contributed by atoms with Crippen molar-refractivity contribution in [1.82, 2.24) is 4.98 Å². The van der Waals surface area contributed by atoms with Gasteiger partial charge in [-0.25, -0.2) is 13.4 Å². The number of nitrogens with zero attached hydrogens (tertiary/aromatic N) is 1. The van der Waals surface area contributed by atoms with E-state index in [1.807, 2.05) is 0 Å². The van der Waals surface area contributed by atoms with Crippen molar-refractivity contribution in [3.63, 3.8) is 0 Å². The molecule has 2 rings (SSSR count). The second-order valence-corrected chi connectivity index (χ2v) is 5.69. The Labute approximate surface area is 118 Å². The lowest BCUT2D eigenvalue weighted by Crippen LogP contribution is -2.11. The molecule has 0 aliphatic heterocycles. The summed E-state index contributed by atoms with van der Waals surface area (Å²) in [6.07, 6.45) is 0. The van der Waals surface area contributed by atoms with Gasteiger partial charge in [0.2, 0.25) is 0 Å². The van der Waals surface area contributed by atoms with E-state index in [9.17, 15) is 18.3 Å². The monoisotopic (exact) mass is 318 g/mol. The van der Waals surface area contributed by atoms with Crippen LogP contribution in [-0.2, 0) is 10.7 Å². The zero-order valence-corrected chi connectivity index (χ0v) is 11.6. The second kappa shape index (κ2) is 5.55. The highest BCUT2D eigenvalue weighted by molar-refractivity contribution is 7.72. The van der Waals surface area contributed by atoms with E-state index in [1.54, 1.807) is 0 Å². The molecule has 0 radical (unpaired) electrons. The number of phenolic OH excluding ortho intramolecular Hbond substituents is 1. The minimum Gasteiger partial charge on any atom is -0.508 e. The van der Waals surface area contributed by atoms with Crippen LogP contribution in [0.25, 0.3) is 0 Å². The summed E-state index contributed by atoms with van der Waals surface area (Å²) >= 11 is 6.70. The molecule has 1 amide bonds. The number of hydrogen-bond acceptors (Lipinski definition) is 6. The fourth-order valence-corrected chi connectivity index (χ4v) is 2.83. The number of hydrogen-bond donors (Lipinski definition) is 3. The Morgan fingerprint density at radius 3 is 2.68 bits per heavy atom. The highest BCUT2D eigenvalue weighted by atomic mass is 35.5. The topological polar surface area (TPSA) is 96.4 Å². The standard InChI is InChI=1S/C10H7ClN2O4S2/c11-6-1-5(2-7(14)3-6)9(15)13-10-12-8(4-18-10)19(16)17/h1-4,14,19H,(H,12,13,15). The molecule has 2 aromatic rings. The molecule has 0 aliphatic carbocycles. The van der Waals surface area contributed by atoms with Gasteiger partial charge in [-0.1, -0.05) is 11.6 Å². The molecule has 0 bridgehead atoms. The van der Waals surface area contributed by atoms with Crippen LogP contribution in [0, 0.1) is 0 Å². The molecule has 0 saturated carbocycles. The number of benzene rings is 1. The van der Waals surface area contributed by atoms with Crippen LogP contribution in [0.15, 0.2) is 28.6 Å². The third kappa shape index (κ3) is 3.43. The number of anilines is 1. The van der Waals surface area contributed by atoms with Crippen molar-refractivity contribution < 1.29 is 18.3 Å². The van der Waals surface area contributed by atoms with Crippen molar-refractivity contribution in [2.75, 3.05) is 5.32 Å². The van der Waals surface area contributed by atoms with E-state index in [1.165, 1.54) is 23.6 Å². The molecule has 0 saturated heterocycles. The summed E-state index contributed by atoms with van der Waals surface area (Å²) in [6, 6.07) is 3.91. The van der Waals surface area contributed by atoms with E-state index in [0.29, 0.717) is 0 Å². The SMILES string of the molecule is O=C(Nc1nc([SH](=O)=O)cs1)c1cc(O)cc(Cl)c1. The third-order valence-corrected chi connectivity index (χ3v) is 3.80. The maximum absolute atomic E-state index is 11.8. The Morgan fingerprint density at radius 2 is 2.11 bits per heavy atom. The third-order valence-electron chi connectivity index (χ3n) is 2.04. The molecule has 0 aliphatic rings. The van der Waals surface area contributed by atoms with E-state index < -0.39 is 16.6 Å². The molecular weight excluding hydrogens is 312 g/mol. The minimum atomic E-state index is -2.78. The zero-order valence-electron chi connectivity index (χ0n) is 9.16. The lowest BCUT2D eigenvalue weighted by Gasteiger charge is -2.03. The summed E-state index contributed by atoms with van der Waals surface area (Å²) in [7, 11) is -2.78. The smallest absolute Gasteiger partial charge is 0.257 e. The number of thiazole rings is 1. The first-order chi connectivity index (χ1) is 8.95. The maximum atomic E-state index is 11.8. The summed E-state index contributed by atoms with van der Waals surface area (Å²) in [5.74, 6) is -0.681. The molecule has 2 N–H and O–H groups in total. The summed E-state index contributed by atoms with van der Waals surface area (Å²) < 4.78 is 21.4. The summed E-state index contributed by atoms with van der Waals surface area (Å²) in [5.41, 5.74) is 0.147. The average Bonchev–Trinajstić information content (AvgIpc) is 2.76. The molecule has 1 aromatic heterocycles. The van der Waals surface area contributed by atoms with Crippen molar-refractivity contribution in [2.45, 2.75) is 5.03 Å². The van der Waals surface area contributed by atoms with Gasteiger partial charge in [0, 0.05) is 16.0 Å². The fraction of sp³-hybridized carbons (Fsp3) is 0. The Bertz CT molecular complexity index is 683. The lowest BCUT2D eigenvalue weighted by atomic mass is 10.2. The first-order valence-corrected chi connectivity index (χ1v) is 7.30. The van der Waals surface area contributed by atoms with Crippen molar-refractivity contribution in [3.05, 3.63) is 34.2 Å². The molecule has 6 nitrogen and oxygen atoms in total. The number of carbonyl (C=O) groups excluding carboxylic acids is 1. The quantitative estimate of drug-likeness (QED) is 0.749. The van der Waals surface area contributed by atoms with Crippen molar-refractivity contribution in [2.24, 2.45) is 0 Å². The Balaban J connectivity index is 2.20. The average molecular weight is 319 g/mol. The van der Waals surface area contributed by atoms with Crippen LogP contribution < -0.4 is 5.32 Å². The minimum absolute atomic E-state index is 0.107. The van der Waals surface area contributed by atoms with Crippen molar-refractivity contribution in [1.29, 1.82) is 0 Å². The first kappa shape index (κ1) is 13.8. The van der Waals surface area contributed by atoms with Gasteiger partial charge in [0.1, 0.15) is 5.75 Å². The molecule has 1 heterocycles. The highest BCUT2D eigenvalue weighted by Crippen LogP contribution is 2.22. The number of aromatic hydroxyl groups is 1. The van der Waals surface area contributed by atoms with Crippen molar-refractivity contribution in [3.8, 4) is 5.75 Å². The van der Waals surface area contributed by atoms with E-state index in [-0.39, 0.29) is 26.5 Å². The van der Waals surface area contributed by atoms with Gasteiger partial charge < -0.3 is 5.11 Å². The van der Waals surface area contributed by atoms with E-state index in [0.717, 1.165) is 11.3 Å². The Hall–Kier alpha value is -1.64. The number of amides is 1. The molecule has 100 valence electrons. The van der Waals surface area contributed by atoms with Crippen LogP contribution in [-0.4, -0.2) is 24.4 Å². The van der Waals surface area contributed by atoms with Gasteiger partial charge in [0.15, 0.2) is 20.9 Å². The molecule has 19 heavy (non-hydrogen) atoms. The number of nitrogens with one attached hydrogen (secondary N) is 1. The van der Waals surface area contributed by atoms with Gasteiger partial charge >= 0.3 is 0 Å². The van der Waals surface area contributed by atoms with E-state index >= 15 is 0 Å². The molecule has 1 aromatic carbocycles. The van der Waals surface area contributed by atoms with E-state index in [2.05, 4.69) is 10.3 Å². The lowest BCUT2D eigenvalue weighted by molar-refractivity contribution is 0.102. The summed E-state index contributed by atoms with van der Waals surface area (Å²) in [5, 5.41) is 13.3. The molecular formula is C10H7ClN2O4S2. The normalized spacial score (nSPS) is 10.6. The molecule has 0 unspecified atom stereocenters. The molecule has 0 atom stereocenters. The van der Waals surface area contributed by atoms with Gasteiger partial charge in [-0.15, -0.1) is 11.3 Å². The number of rotatable bonds is 3. The maximum Gasteiger partial charge on any atom is 0.257 e. The summed E-state index contributed by atoms with van der Waals surface area (Å²) in [6.45, 7) is 0. The van der Waals surface area contributed by atoms with Crippen LogP contribution in [0.1, 0.15) is 10.4 Å². The second-order valence-electron chi connectivity index (χ2n) is 3.42. The van der Waals surface area contributed by atoms with Gasteiger partial charge in [-0.05, 0) is 18.2 Å². The van der Waals surface area contributed by atoms with Gasteiger partial charge in [0.05, 0.1) is 0 Å².